The molecule has 4 nitrogen and oxygen atoms in total. The van der Waals surface area contributed by atoms with Gasteiger partial charge in [0.05, 0.1) is 6.07 Å². The molecule has 0 aromatic heterocycles. The summed E-state index contributed by atoms with van der Waals surface area (Å²) in [4.78, 5) is 7.36. The third kappa shape index (κ3) is 2.43. The maximum atomic E-state index is 6.33. The van der Waals surface area contributed by atoms with Gasteiger partial charge < -0.3 is 9.64 Å². The van der Waals surface area contributed by atoms with Gasteiger partial charge in [0.1, 0.15) is 24.1 Å². The first kappa shape index (κ1) is 15.9. The minimum atomic E-state index is 0.898. The SMILES string of the molecule is CCCC[N+]1=c2cc3c(cc2CC1)=Nc1cc2c(cc1O3)N(CC)CC2. The van der Waals surface area contributed by atoms with Crippen LogP contribution in [0.15, 0.2) is 29.3 Å². The molecule has 26 heavy (non-hydrogen) atoms. The maximum absolute atomic E-state index is 6.33. The molecule has 0 amide bonds. The maximum Gasteiger partial charge on any atom is 0.207 e. The summed E-state index contributed by atoms with van der Waals surface area (Å²) in [7, 11) is 0. The lowest BCUT2D eigenvalue weighted by molar-refractivity contribution is 0.468. The Kier molecular flexibility index (Phi) is 3.73. The van der Waals surface area contributed by atoms with Crippen molar-refractivity contribution in [3.63, 3.8) is 0 Å². The largest absolute Gasteiger partial charge is 0.452 e. The van der Waals surface area contributed by atoms with E-state index >= 15 is 0 Å². The summed E-state index contributed by atoms with van der Waals surface area (Å²) < 4.78 is 8.83. The van der Waals surface area contributed by atoms with E-state index in [1.54, 1.807) is 0 Å². The molecule has 0 bridgehead atoms. The van der Waals surface area contributed by atoms with E-state index in [-0.39, 0.29) is 0 Å². The number of rotatable bonds is 4. The molecule has 3 aliphatic heterocycles. The van der Waals surface area contributed by atoms with Crippen LogP contribution in [0.1, 0.15) is 37.8 Å². The van der Waals surface area contributed by atoms with Crippen LogP contribution in [0.2, 0.25) is 0 Å². The van der Waals surface area contributed by atoms with Crippen molar-refractivity contribution in [2.45, 2.75) is 39.5 Å². The lowest BCUT2D eigenvalue weighted by atomic mass is 10.1. The third-order valence-electron chi connectivity index (χ3n) is 5.93. The van der Waals surface area contributed by atoms with Crippen molar-refractivity contribution in [3.8, 4) is 11.5 Å². The highest BCUT2D eigenvalue weighted by molar-refractivity contribution is 5.70. The van der Waals surface area contributed by atoms with Gasteiger partial charge in [-0.05, 0) is 31.0 Å². The number of benzene rings is 2. The number of anilines is 1. The van der Waals surface area contributed by atoms with Gasteiger partial charge >= 0.3 is 0 Å². The van der Waals surface area contributed by atoms with E-state index in [0.717, 1.165) is 61.6 Å². The van der Waals surface area contributed by atoms with Crippen molar-refractivity contribution >= 4 is 11.4 Å². The zero-order valence-corrected chi connectivity index (χ0v) is 15.7. The summed E-state index contributed by atoms with van der Waals surface area (Å²) in [5.41, 5.74) is 5.10. The van der Waals surface area contributed by atoms with Gasteiger partial charge in [0.2, 0.25) is 5.36 Å². The fraction of sp³-hybridized carbons (Fsp3) is 0.455. The number of hydrogen-bond acceptors (Lipinski definition) is 3. The molecule has 0 saturated heterocycles. The van der Waals surface area contributed by atoms with Crippen molar-refractivity contribution in [3.05, 3.63) is 46.1 Å². The number of ether oxygens (including phenoxy) is 1. The van der Waals surface area contributed by atoms with E-state index in [1.807, 2.05) is 0 Å². The first-order valence-electron chi connectivity index (χ1n) is 10.00. The number of likely N-dealkylation sites (N-methyl/N-ethyl adjacent to an activating group) is 1. The Morgan fingerprint density at radius 1 is 1.08 bits per heavy atom. The second kappa shape index (κ2) is 6.11. The number of fused-ring (bicyclic) bond motifs is 4. The molecule has 0 saturated carbocycles. The molecule has 0 N–H and O–H groups in total. The van der Waals surface area contributed by atoms with Crippen LogP contribution in [0.4, 0.5) is 11.4 Å². The quantitative estimate of drug-likeness (QED) is 0.678. The zero-order valence-electron chi connectivity index (χ0n) is 15.7. The number of hydrogen-bond donors (Lipinski definition) is 0. The predicted molar refractivity (Wildman–Crippen MR) is 105 cm³/mol. The molecule has 0 spiro atoms. The van der Waals surface area contributed by atoms with Gasteiger partial charge in [0, 0.05) is 43.2 Å². The Bertz CT molecular complexity index is 1010. The van der Waals surface area contributed by atoms with Crippen molar-refractivity contribution < 1.29 is 4.74 Å². The van der Waals surface area contributed by atoms with Crippen molar-refractivity contribution in [1.82, 2.24) is 4.58 Å². The normalized spacial score (nSPS) is 16.5. The van der Waals surface area contributed by atoms with Crippen molar-refractivity contribution in [2.24, 2.45) is 4.99 Å². The summed E-state index contributed by atoms with van der Waals surface area (Å²) >= 11 is 0. The standard InChI is InChI=1S/C22H26N3O/c1-3-5-8-25-10-7-16-12-18-22(14-20(16)25)26-21-13-19-15(11-17(21)23-18)6-9-24(19)4-2/h11-14H,3-10H2,1-2H3/q+1. The van der Waals surface area contributed by atoms with Crippen LogP contribution >= 0.6 is 0 Å². The lowest BCUT2D eigenvalue weighted by Gasteiger charge is -2.20. The molecule has 0 aliphatic carbocycles. The fourth-order valence-electron chi connectivity index (χ4n) is 4.44. The van der Waals surface area contributed by atoms with Crippen LogP contribution in [0.3, 0.4) is 0 Å². The van der Waals surface area contributed by atoms with Gasteiger partial charge in [0.15, 0.2) is 11.5 Å². The molecule has 2 aromatic carbocycles. The van der Waals surface area contributed by atoms with E-state index in [0.29, 0.717) is 0 Å². The average Bonchev–Trinajstić information content (AvgIpc) is 3.24. The van der Waals surface area contributed by atoms with E-state index < -0.39 is 0 Å². The van der Waals surface area contributed by atoms with E-state index in [1.165, 1.54) is 35.0 Å². The summed E-state index contributed by atoms with van der Waals surface area (Å²) in [6, 6.07) is 8.87. The van der Waals surface area contributed by atoms with Crippen LogP contribution in [0.25, 0.3) is 0 Å². The Hall–Kier alpha value is -2.36. The second-order valence-corrected chi connectivity index (χ2v) is 7.53. The summed E-state index contributed by atoms with van der Waals surface area (Å²) in [5.74, 6) is 1.80. The van der Waals surface area contributed by atoms with Crippen LogP contribution in [0.5, 0.6) is 11.5 Å². The highest BCUT2D eigenvalue weighted by atomic mass is 16.5. The van der Waals surface area contributed by atoms with Gasteiger partial charge in [0.25, 0.3) is 0 Å². The summed E-state index contributed by atoms with van der Waals surface area (Å²) in [6.07, 6.45) is 4.69. The molecule has 0 unspecified atom stereocenters. The van der Waals surface area contributed by atoms with E-state index in [2.05, 4.69) is 47.6 Å². The molecule has 4 heteroatoms. The van der Waals surface area contributed by atoms with Gasteiger partial charge in [-0.25, -0.2) is 9.57 Å². The Labute approximate surface area is 154 Å². The smallest absolute Gasteiger partial charge is 0.207 e. The summed E-state index contributed by atoms with van der Waals surface area (Å²) in [5, 5.41) is 2.33. The first-order valence-corrected chi connectivity index (χ1v) is 10.00. The van der Waals surface area contributed by atoms with Crippen LogP contribution in [-0.4, -0.2) is 26.2 Å². The molecule has 0 atom stereocenters. The predicted octanol–water partition coefficient (Wildman–Crippen LogP) is 2.97. The Balaban J connectivity index is 1.60. The van der Waals surface area contributed by atoms with Crippen LogP contribution in [0, 0.1) is 0 Å². The molecule has 134 valence electrons. The molecule has 5 rings (SSSR count). The van der Waals surface area contributed by atoms with Crippen molar-refractivity contribution in [1.29, 1.82) is 0 Å². The van der Waals surface area contributed by atoms with Crippen LogP contribution < -0.4 is 24.9 Å². The monoisotopic (exact) mass is 348 g/mol. The van der Waals surface area contributed by atoms with E-state index in [4.69, 9.17) is 9.73 Å². The molecular formula is C22H26N3O+. The molecule has 2 aromatic rings. The minimum Gasteiger partial charge on any atom is -0.452 e. The fourth-order valence-corrected chi connectivity index (χ4v) is 4.44. The van der Waals surface area contributed by atoms with Gasteiger partial charge in [-0.3, -0.25) is 0 Å². The highest BCUT2D eigenvalue weighted by Gasteiger charge is 2.25. The summed E-state index contributed by atoms with van der Waals surface area (Å²) in [6.45, 7) is 8.85. The first-order chi connectivity index (χ1) is 12.8. The second-order valence-electron chi connectivity index (χ2n) is 7.53. The van der Waals surface area contributed by atoms with Gasteiger partial charge in [-0.1, -0.05) is 13.3 Å². The van der Waals surface area contributed by atoms with Gasteiger partial charge in [-0.15, -0.1) is 0 Å². The molecule has 0 radical (unpaired) electrons. The van der Waals surface area contributed by atoms with E-state index in [9.17, 15) is 0 Å². The van der Waals surface area contributed by atoms with Crippen molar-refractivity contribution in [2.75, 3.05) is 31.1 Å². The minimum absolute atomic E-state index is 0.898. The number of unbranched alkanes of at least 4 members (excludes halogenated alkanes) is 1. The molecule has 3 aliphatic rings. The Morgan fingerprint density at radius 3 is 2.85 bits per heavy atom. The molecule has 3 heterocycles. The van der Waals surface area contributed by atoms with Crippen LogP contribution in [-0.2, 0) is 12.8 Å². The zero-order chi connectivity index (χ0) is 17.7. The Morgan fingerprint density at radius 2 is 2.00 bits per heavy atom. The van der Waals surface area contributed by atoms with Gasteiger partial charge in [-0.2, -0.15) is 0 Å². The third-order valence-corrected chi connectivity index (χ3v) is 5.93. The average molecular weight is 348 g/mol. The number of nitrogens with zero attached hydrogens (tertiary/aromatic N) is 3. The molecular weight excluding hydrogens is 322 g/mol. The molecule has 0 fully saturated rings. The topological polar surface area (TPSA) is 27.8 Å². The lowest BCUT2D eigenvalue weighted by Crippen LogP contribution is -2.28. The highest BCUT2D eigenvalue weighted by Crippen LogP contribution is 2.41.